The molecule has 1 fully saturated rings. The van der Waals surface area contributed by atoms with E-state index >= 15 is 14.4 Å². The molecule has 14 amide bonds. The van der Waals surface area contributed by atoms with Crippen LogP contribution in [0.2, 0.25) is 0 Å². The van der Waals surface area contributed by atoms with E-state index in [0.717, 1.165) is 6.92 Å². The van der Waals surface area contributed by atoms with Crippen molar-refractivity contribution in [3.05, 3.63) is 120 Å². The molecule has 0 radical (unpaired) electrons. The third kappa shape index (κ3) is 32.2. The molecular weight excluding hydrogens is 1600 g/mol. The van der Waals surface area contributed by atoms with Crippen molar-refractivity contribution in [2.24, 2.45) is 23.1 Å². The largest absolute Gasteiger partial charge is 0.481 e. The molecule has 121 heavy (non-hydrogen) atoms. The fraction of sp³-hybridized carbons (Fsp3) is 0.494. The number of carboxylic acid groups (broad SMARTS) is 1. The second-order valence-electron chi connectivity index (χ2n) is 29.2. The van der Waals surface area contributed by atoms with Crippen LogP contribution in [-0.2, 0) is 102 Å². The van der Waals surface area contributed by atoms with Gasteiger partial charge in [-0.05, 0) is 117 Å². The normalized spacial score (nSPS) is 15.1. The number of imidazole rings is 1. The Bertz CT molecular complexity index is 4380. The van der Waals surface area contributed by atoms with Crippen molar-refractivity contribution in [1.29, 1.82) is 5.41 Å². The first kappa shape index (κ1) is 97.3. The van der Waals surface area contributed by atoms with Gasteiger partial charge in [-0.15, -0.1) is 0 Å². The number of nitrogens with two attached hydrogens (primary N) is 3. The zero-order chi connectivity index (χ0) is 88.8. The van der Waals surface area contributed by atoms with Gasteiger partial charge in [0.15, 0.2) is 5.96 Å². The van der Waals surface area contributed by atoms with Crippen molar-refractivity contribution < 1.29 is 96.8 Å². The van der Waals surface area contributed by atoms with Crippen molar-refractivity contribution in [2.75, 3.05) is 51.4 Å². The van der Waals surface area contributed by atoms with Crippen LogP contribution in [0.5, 0.6) is 5.75 Å². The van der Waals surface area contributed by atoms with Crippen LogP contribution in [-0.4, -0.2) is 260 Å². The molecule has 6 rings (SSSR count). The van der Waals surface area contributed by atoms with E-state index in [1.54, 1.807) is 80.9 Å². The fourth-order valence-corrected chi connectivity index (χ4v) is 13.6. The number of aromatic nitrogens is 3. The molecule has 12 atom stereocenters. The van der Waals surface area contributed by atoms with Crippen molar-refractivity contribution >= 4 is 123 Å². The van der Waals surface area contributed by atoms with Crippen LogP contribution in [0.3, 0.4) is 0 Å². The second kappa shape index (κ2) is 49.7. The number of primary amides is 1. The molecular formula is C79H111N21O20S. The molecule has 3 heterocycles. The number of unbranched alkanes of at least 4 members (excludes halogenated alkanes) is 1. The van der Waals surface area contributed by atoms with Crippen LogP contribution in [0.15, 0.2) is 97.6 Å². The Morgan fingerprint density at radius 3 is 1.64 bits per heavy atom. The summed E-state index contributed by atoms with van der Waals surface area (Å²) in [5.41, 5.74) is 19.2. The maximum absolute atomic E-state index is 15.2. The molecule has 1 aliphatic rings. The number of rotatable bonds is 51. The van der Waals surface area contributed by atoms with Crippen molar-refractivity contribution in [2.45, 2.75) is 190 Å². The highest BCUT2D eigenvalue weighted by atomic mass is 32.2. The average molecular weight is 1710 g/mol. The van der Waals surface area contributed by atoms with Crippen LogP contribution < -0.4 is 91.1 Å². The zero-order valence-electron chi connectivity index (χ0n) is 67.9. The van der Waals surface area contributed by atoms with Crippen LogP contribution in [0.4, 0.5) is 0 Å². The van der Waals surface area contributed by atoms with Gasteiger partial charge in [-0.1, -0.05) is 74.5 Å². The summed E-state index contributed by atoms with van der Waals surface area (Å²) in [5, 5.41) is 72.1. The van der Waals surface area contributed by atoms with Crippen LogP contribution in [0.25, 0.3) is 10.9 Å². The Balaban J connectivity index is 1.25. The highest BCUT2D eigenvalue weighted by Gasteiger charge is 2.41. The Hall–Kier alpha value is -12.6. The number of aliphatic hydroxyl groups is 2. The topological polar surface area (TPSA) is 649 Å². The first-order valence-electron chi connectivity index (χ1n) is 39.4. The van der Waals surface area contributed by atoms with E-state index in [9.17, 15) is 77.6 Å². The quantitative estimate of drug-likeness (QED) is 0.00576. The van der Waals surface area contributed by atoms with E-state index in [0.29, 0.717) is 46.9 Å². The Labute approximate surface area is 701 Å². The number of thioether (sulfide) groups is 1. The van der Waals surface area contributed by atoms with Gasteiger partial charge in [-0.25, -0.2) is 4.98 Å². The highest BCUT2D eigenvalue weighted by molar-refractivity contribution is 7.98. The Morgan fingerprint density at radius 1 is 0.579 bits per heavy atom. The van der Waals surface area contributed by atoms with Gasteiger partial charge >= 0.3 is 11.9 Å². The number of amides is 14. The molecule has 25 N–H and O–H groups in total. The molecule has 41 nitrogen and oxygen atoms in total. The molecule has 1 aliphatic heterocycles. The number of likely N-dealkylation sites (tertiary alicyclic amines) is 1. The number of ether oxygens (including phenoxy) is 1. The molecule has 0 unspecified atom stereocenters. The molecule has 0 aliphatic carbocycles. The molecule has 2 aromatic heterocycles. The molecule has 0 bridgehead atoms. The van der Waals surface area contributed by atoms with Gasteiger partial charge in [0.1, 0.15) is 78.3 Å². The fourth-order valence-electron chi connectivity index (χ4n) is 13.2. The minimum Gasteiger partial charge on any atom is -0.481 e. The maximum Gasteiger partial charge on any atom is 0.308 e. The second-order valence-corrected chi connectivity index (χ2v) is 30.2. The third-order valence-electron chi connectivity index (χ3n) is 19.5. The summed E-state index contributed by atoms with van der Waals surface area (Å²) < 4.78 is 5.08. The molecule has 658 valence electrons. The van der Waals surface area contributed by atoms with Crippen molar-refractivity contribution in [1.82, 2.24) is 89.0 Å². The number of hydrogen-bond donors (Lipinski definition) is 22. The molecule has 1 saturated heterocycles. The molecule has 42 heteroatoms. The van der Waals surface area contributed by atoms with E-state index in [2.05, 4.69) is 84.1 Å². The van der Waals surface area contributed by atoms with Crippen LogP contribution >= 0.6 is 11.8 Å². The van der Waals surface area contributed by atoms with E-state index < -0.39 is 212 Å². The summed E-state index contributed by atoms with van der Waals surface area (Å²) in [4.78, 5) is 233. The Kier molecular flexibility index (Phi) is 40.0. The number of H-pyrrole nitrogens is 2. The van der Waals surface area contributed by atoms with Gasteiger partial charge in [0.05, 0.1) is 31.8 Å². The van der Waals surface area contributed by atoms with Gasteiger partial charge in [0, 0.05) is 82.3 Å². The number of carbonyl (C=O) groups excluding carboxylic acids is 15. The molecule has 0 saturated carbocycles. The summed E-state index contributed by atoms with van der Waals surface area (Å²) in [6.45, 7) is 3.32. The number of esters is 1. The number of hydrogen-bond acceptors (Lipinski definition) is 23. The third-order valence-corrected chi connectivity index (χ3v) is 20.1. The SMILES string of the molecule is CSCC[C@H](NC(=O)[C@H](CO)NC(=O)[C@H](Cc1ccc(OC(C)=O)cc1)NC(=O)[C@H](CO)NC(C)=O)C(=O)N[C@@H](CCC(=O)O)C(=O)N[C@@H](Cc1c[nH]cn1)C(=O)N[C@@H](Cc1ccccc1)C(=O)N[C@@H](CCCNC(=N)N)C(=O)N[C@@H](Cc1c[nH]c2ccccc12)C(=O)NCC(=O)N[C@@H](CCCCN)C(=O)N1CCC[C@H]1C(=O)N[C@H](C(N)=O)C(C)C. The van der Waals surface area contributed by atoms with Crippen molar-refractivity contribution in [3.63, 3.8) is 0 Å². The number of guanidine groups is 1. The Morgan fingerprint density at radius 2 is 1.10 bits per heavy atom. The van der Waals surface area contributed by atoms with Gasteiger partial charge in [0.2, 0.25) is 82.7 Å². The van der Waals surface area contributed by atoms with E-state index in [-0.39, 0.29) is 94.1 Å². The lowest BCUT2D eigenvalue weighted by Crippen LogP contribution is -2.61. The van der Waals surface area contributed by atoms with E-state index in [1.807, 2.05) is 0 Å². The number of nitrogens with zero attached hydrogens (tertiary/aromatic N) is 2. The summed E-state index contributed by atoms with van der Waals surface area (Å²) >= 11 is 1.22. The standard InChI is InChI=1S/C79H111N21O20S/c1-43(2)66(67(81)108)99-77(118)63-21-14-31-100(63)78(119)56(19-11-12-29-80)90-64(105)39-87-68(109)59(35-48-37-86-52-18-10-9-17-51(48)52)96-69(110)53(20-13-30-85-79(82)83)91-72(113)57(33-46-15-7-6-8-16-46)94-74(115)60(36-49-38-84-42-88-49)97-70(111)54(26-27-65(106)107)92-71(112)55(28-32-121-5)93-76(117)62(41-102)98-73(114)58(95-75(116)61(40-101)89-44(3)103)34-47-22-24-50(25-23-47)120-45(4)104/h6-10,15-18,22-25,37-38,42-43,53-63,66,86,101-102H,11-14,19-21,26-36,39-41,80H2,1-5H3,(H2,81,108)(H,84,88)(H,87,109)(H,89,103)(H,90,105)(H,91,113)(H,92,112)(H,93,117)(H,94,115)(H,95,116)(H,96,110)(H,97,111)(H,98,114)(H,99,118)(H,106,107)(H4,82,83,85)/t53-,54-,55-,56-,57-,58-,59-,60-,61-,62-,63-,66-/m0/s1. The smallest absolute Gasteiger partial charge is 0.308 e. The van der Waals surface area contributed by atoms with Gasteiger partial charge in [-0.2, -0.15) is 11.8 Å². The predicted octanol–water partition coefficient (Wildman–Crippen LogP) is -4.32. The number of aromatic amines is 2. The van der Waals surface area contributed by atoms with Crippen molar-refractivity contribution in [3.8, 4) is 5.75 Å². The number of benzene rings is 3. The maximum atomic E-state index is 15.2. The van der Waals surface area contributed by atoms with Crippen LogP contribution in [0.1, 0.15) is 114 Å². The van der Waals surface area contributed by atoms with E-state index in [1.165, 1.54) is 60.4 Å². The van der Waals surface area contributed by atoms with E-state index in [4.69, 9.17) is 27.3 Å². The lowest BCUT2D eigenvalue weighted by molar-refractivity contribution is -0.142. The summed E-state index contributed by atoms with van der Waals surface area (Å²) in [6, 6.07) is 3.02. The van der Waals surface area contributed by atoms with Gasteiger partial charge in [-0.3, -0.25) is 82.1 Å². The number of carbonyl (C=O) groups is 16. The van der Waals surface area contributed by atoms with Crippen LogP contribution in [0, 0.1) is 11.3 Å². The summed E-state index contributed by atoms with van der Waals surface area (Å²) in [5.74, 6) is -15.4. The minimum absolute atomic E-state index is 0.00899. The molecule has 0 spiro atoms. The molecule has 5 aromatic rings. The number of aliphatic hydroxyl groups excluding tert-OH is 2. The molecule has 3 aromatic carbocycles. The summed E-state index contributed by atoms with van der Waals surface area (Å²) in [7, 11) is 0. The highest BCUT2D eigenvalue weighted by Crippen LogP contribution is 2.23. The lowest BCUT2D eigenvalue weighted by Gasteiger charge is -2.30. The average Bonchev–Trinajstić information content (AvgIpc) is 1.76. The monoisotopic (exact) mass is 1710 g/mol. The lowest BCUT2D eigenvalue weighted by atomic mass is 10.0. The minimum atomic E-state index is -1.86. The van der Waals surface area contributed by atoms with Gasteiger partial charge in [0.25, 0.3) is 0 Å². The predicted molar refractivity (Wildman–Crippen MR) is 441 cm³/mol. The first-order valence-corrected chi connectivity index (χ1v) is 40.8. The number of carboxylic acids is 1. The van der Waals surface area contributed by atoms with Gasteiger partial charge < -0.3 is 121 Å². The number of para-hydroxylation sites is 1. The first-order chi connectivity index (χ1) is 57.7. The number of fused-ring (bicyclic) bond motifs is 1. The number of aliphatic carboxylic acids is 1. The summed E-state index contributed by atoms with van der Waals surface area (Å²) in [6.07, 6.45) is 4.57. The number of nitrogens with one attached hydrogen (secondary N) is 16. The zero-order valence-corrected chi connectivity index (χ0v) is 68.7.